The second-order valence-electron chi connectivity index (χ2n) is 6.88. The van der Waals surface area contributed by atoms with Crippen LogP contribution in [0.5, 0.6) is 5.75 Å². The summed E-state index contributed by atoms with van der Waals surface area (Å²) in [5, 5.41) is 11.6. The van der Waals surface area contributed by atoms with Gasteiger partial charge in [-0.3, -0.25) is 9.59 Å². The number of nitrogens with zero attached hydrogens (tertiary/aromatic N) is 4. The third-order valence-corrected chi connectivity index (χ3v) is 5.82. The average molecular weight is 430 g/mol. The average Bonchev–Trinajstić information content (AvgIpc) is 3.21. The van der Waals surface area contributed by atoms with Crippen LogP contribution < -0.4 is 15.6 Å². The van der Waals surface area contributed by atoms with Crippen molar-refractivity contribution in [1.82, 2.24) is 24.7 Å². The third-order valence-electron chi connectivity index (χ3n) is 4.55. The molecule has 0 atom stereocenters. The number of hydrogen-bond acceptors (Lipinski definition) is 6. The Morgan fingerprint density at radius 2 is 1.97 bits per heavy atom. The molecule has 3 aromatic rings. The van der Waals surface area contributed by atoms with E-state index in [1.54, 1.807) is 20.1 Å². The number of carbonyl (C=O) groups excluding carboxylic acids is 1. The molecule has 30 heavy (non-hydrogen) atoms. The molecule has 1 N–H and O–H groups in total. The fourth-order valence-corrected chi connectivity index (χ4v) is 3.87. The number of nitrogens with one attached hydrogen (secondary N) is 1. The van der Waals surface area contributed by atoms with E-state index >= 15 is 0 Å². The van der Waals surface area contributed by atoms with E-state index in [9.17, 15) is 9.59 Å². The summed E-state index contributed by atoms with van der Waals surface area (Å²) in [6.45, 7) is 4.40. The van der Waals surface area contributed by atoms with Crippen LogP contribution in [0, 0.1) is 6.92 Å². The summed E-state index contributed by atoms with van der Waals surface area (Å²) in [4.78, 5) is 25.1. The number of hydrogen-bond donors (Lipinski definition) is 1. The van der Waals surface area contributed by atoms with Gasteiger partial charge in [0.05, 0.1) is 12.8 Å². The molecular formula is C21H27N5O3S. The number of methoxy groups -OCH3 is 1. The monoisotopic (exact) mass is 429 g/mol. The van der Waals surface area contributed by atoms with E-state index in [4.69, 9.17) is 4.74 Å². The maximum atomic E-state index is 12.8. The molecule has 2 aromatic heterocycles. The first-order valence-corrected chi connectivity index (χ1v) is 11.1. The Bertz CT molecular complexity index is 1060. The molecule has 0 fully saturated rings. The van der Waals surface area contributed by atoms with Crippen LogP contribution in [0.3, 0.4) is 0 Å². The molecule has 0 spiro atoms. The number of rotatable bonds is 10. The van der Waals surface area contributed by atoms with E-state index in [1.165, 1.54) is 9.20 Å². The van der Waals surface area contributed by atoms with Crippen LogP contribution in [0.1, 0.15) is 25.6 Å². The van der Waals surface area contributed by atoms with Gasteiger partial charge in [-0.05, 0) is 61.6 Å². The molecule has 2 heterocycles. The SMILES string of the molecule is CCCSCCCNC(=O)Cn1nc(C)n2nc(-c3ccc(OC)cc3)cc2c1=O. The largest absolute Gasteiger partial charge is 0.497 e. The van der Waals surface area contributed by atoms with Crippen LogP contribution >= 0.6 is 11.8 Å². The summed E-state index contributed by atoms with van der Waals surface area (Å²) in [6, 6.07) is 9.17. The van der Waals surface area contributed by atoms with Gasteiger partial charge in [-0.25, -0.2) is 9.20 Å². The van der Waals surface area contributed by atoms with Crippen molar-refractivity contribution >= 4 is 23.2 Å². The van der Waals surface area contributed by atoms with Gasteiger partial charge in [-0.2, -0.15) is 22.0 Å². The van der Waals surface area contributed by atoms with Gasteiger partial charge in [-0.15, -0.1) is 0 Å². The number of aromatic nitrogens is 4. The highest BCUT2D eigenvalue weighted by Crippen LogP contribution is 2.21. The van der Waals surface area contributed by atoms with E-state index in [2.05, 4.69) is 22.4 Å². The first kappa shape index (κ1) is 21.9. The standard InChI is InChI=1S/C21H27N5O3S/c1-4-11-30-12-5-10-22-20(27)14-25-21(28)19-13-18(24-26(19)15(2)23-25)16-6-8-17(29-3)9-7-16/h6-9,13H,4-5,10-12,14H2,1-3H3,(H,22,27). The molecule has 0 saturated heterocycles. The lowest BCUT2D eigenvalue weighted by Crippen LogP contribution is -2.35. The number of aryl methyl sites for hydroxylation is 1. The maximum Gasteiger partial charge on any atom is 0.293 e. The molecule has 0 radical (unpaired) electrons. The minimum atomic E-state index is -0.346. The zero-order valence-electron chi connectivity index (χ0n) is 17.6. The van der Waals surface area contributed by atoms with E-state index in [-0.39, 0.29) is 18.0 Å². The van der Waals surface area contributed by atoms with E-state index in [0.717, 1.165) is 35.7 Å². The zero-order valence-corrected chi connectivity index (χ0v) is 18.4. The lowest BCUT2D eigenvalue weighted by molar-refractivity contribution is -0.121. The Hall–Kier alpha value is -2.81. The number of carbonyl (C=O) groups is 1. The highest BCUT2D eigenvalue weighted by atomic mass is 32.2. The predicted octanol–water partition coefficient (Wildman–Crippen LogP) is 2.52. The molecule has 8 nitrogen and oxygen atoms in total. The molecule has 0 bridgehead atoms. The first-order valence-electron chi connectivity index (χ1n) is 10.00. The van der Waals surface area contributed by atoms with Crippen LogP contribution in [-0.2, 0) is 11.3 Å². The second kappa shape index (κ2) is 10.3. The number of amides is 1. The molecule has 0 aliphatic carbocycles. The summed E-state index contributed by atoms with van der Waals surface area (Å²) in [6.07, 6.45) is 2.06. The van der Waals surface area contributed by atoms with Crippen molar-refractivity contribution < 1.29 is 9.53 Å². The fourth-order valence-electron chi connectivity index (χ4n) is 3.03. The lowest BCUT2D eigenvalue weighted by Gasteiger charge is -2.08. The van der Waals surface area contributed by atoms with Gasteiger partial charge >= 0.3 is 0 Å². The van der Waals surface area contributed by atoms with Crippen LogP contribution in [0.2, 0.25) is 0 Å². The van der Waals surface area contributed by atoms with Crippen molar-refractivity contribution in [3.63, 3.8) is 0 Å². The molecule has 0 unspecified atom stereocenters. The van der Waals surface area contributed by atoms with Crippen LogP contribution in [0.15, 0.2) is 35.1 Å². The lowest BCUT2D eigenvalue weighted by atomic mass is 10.1. The summed E-state index contributed by atoms with van der Waals surface area (Å²) >= 11 is 1.88. The van der Waals surface area contributed by atoms with E-state index in [0.29, 0.717) is 23.6 Å². The maximum absolute atomic E-state index is 12.8. The van der Waals surface area contributed by atoms with Crippen LogP contribution in [0.4, 0.5) is 0 Å². The van der Waals surface area contributed by atoms with Gasteiger partial charge in [0, 0.05) is 12.1 Å². The summed E-state index contributed by atoms with van der Waals surface area (Å²) in [7, 11) is 1.61. The quantitative estimate of drug-likeness (QED) is 0.498. The third kappa shape index (κ3) is 5.21. The van der Waals surface area contributed by atoms with Crippen LogP contribution in [0.25, 0.3) is 16.8 Å². The van der Waals surface area contributed by atoms with Crippen LogP contribution in [-0.4, -0.2) is 50.5 Å². The molecule has 9 heteroatoms. The molecule has 0 aliphatic heterocycles. The Labute approximate surface area is 179 Å². The van der Waals surface area contributed by atoms with Gasteiger partial charge in [0.1, 0.15) is 23.6 Å². The highest BCUT2D eigenvalue weighted by Gasteiger charge is 2.14. The molecule has 0 aliphatic rings. The van der Waals surface area contributed by atoms with Crippen molar-refractivity contribution in [3.8, 4) is 17.0 Å². The van der Waals surface area contributed by atoms with Gasteiger partial charge in [0.15, 0.2) is 0 Å². The molecule has 0 saturated carbocycles. The minimum Gasteiger partial charge on any atom is -0.497 e. The summed E-state index contributed by atoms with van der Waals surface area (Å²) in [5.41, 5.74) is 1.56. The van der Waals surface area contributed by atoms with Gasteiger partial charge in [0.2, 0.25) is 5.91 Å². The molecule has 1 amide bonds. The Kier molecular flexibility index (Phi) is 7.51. The number of benzene rings is 1. The topological polar surface area (TPSA) is 90.5 Å². The molecule has 1 aromatic carbocycles. The number of thioether (sulfide) groups is 1. The summed E-state index contributed by atoms with van der Waals surface area (Å²) in [5.74, 6) is 3.21. The smallest absolute Gasteiger partial charge is 0.293 e. The number of fused-ring (bicyclic) bond motifs is 1. The Balaban J connectivity index is 1.73. The summed E-state index contributed by atoms with van der Waals surface area (Å²) < 4.78 is 7.89. The predicted molar refractivity (Wildman–Crippen MR) is 119 cm³/mol. The zero-order chi connectivity index (χ0) is 21.5. The first-order chi connectivity index (χ1) is 14.5. The molecular weight excluding hydrogens is 402 g/mol. The molecule has 3 rings (SSSR count). The Morgan fingerprint density at radius 3 is 2.67 bits per heavy atom. The van der Waals surface area contributed by atoms with Crippen molar-refractivity contribution in [3.05, 3.63) is 46.5 Å². The highest BCUT2D eigenvalue weighted by molar-refractivity contribution is 7.99. The van der Waals surface area contributed by atoms with Gasteiger partial charge < -0.3 is 10.1 Å². The minimum absolute atomic E-state index is 0.110. The van der Waals surface area contributed by atoms with Gasteiger partial charge in [-0.1, -0.05) is 6.92 Å². The second-order valence-corrected chi connectivity index (χ2v) is 8.11. The fraction of sp³-hybridized carbons (Fsp3) is 0.429. The normalized spacial score (nSPS) is 11.0. The van der Waals surface area contributed by atoms with Crippen molar-refractivity contribution in [1.29, 1.82) is 0 Å². The van der Waals surface area contributed by atoms with E-state index < -0.39 is 0 Å². The Morgan fingerprint density at radius 1 is 1.20 bits per heavy atom. The van der Waals surface area contributed by atoms with Crippen molar-refractivity contribution in [2.75, 3.05) is 25.2 Å². The van der Waals surface area contributed by atoms with Crippen molar-refractivity contribution in [2.45, 2.75) is 33.2 Å². The van der Waals surface area contributed by atoms with Crippen molar-refractivity contribution in [2.24, 2.45) is 0 Å². The van der Waals surface area contributed by atoms with E-state index in [1.807, 2.05) is 36.0 Å². The molecule has 160 valence electrons. The number of ether oxygens (including phenoxy) is 1. The van der Waals surface area contributed by atoms with Gasteiger partial charge in [0.25, 0.3) is 5.56 Å².